The summed E-state index contributed by atoms with van der Waals surface area (Å²) in [6.45, 7) is 2.42. The van der Waals surface area contributed by atoms with Crippen LogP contribution in [0.25, 0.3) is 11.1 Å². The summed E-state index contributed by atoms with van der Waals surface area (Å²) in [7, 11) is 0. The fraction of sp³-hybridized carbons (Fsp3) is 0.333. The largest absolute Gasteiger partial charge is 0.481 e. The number of nitrogens with zero attached hydrogens (tertiary/aromatic N) is 1. The average Bonchev–Trinajstić information content (AvgIpc) is 2.58. The molecule has 0 spiro atoms. The molecule has 4 nitrogen and oxygen atoms in total. The van der Waals surface area contributed by atoms with Crippen molar-refractivity contribution in [2.75, 3.05) is 12.4 Å². The van der Waals surface area contributed by atoms with Crippen molar-refractivity contribution in [2.24, 2.45) is 0 Å². The van der Waals surface area contributed by atoms with Crippen molar-refractivity contribution in [2.45, 2.75) is 31.1 Å². The van der Waals surface area contributed by atoms with Gasteiger partial charge in [0.1, 0.15) is 11.6 Å². The van der Waals surface area contributed by atoms with Gasteiger partial charge in [0.05, 0.1) is 11.5 Å². The van der Waals surface area contributed by atoms with Gasteiger partial charge in [-0.25, -0.2) is 13.8 Å². The number of halogens is 2. The van der Waals surface area contributed by atoms with Crippen LogP contribution in [0.3, 0.4) is 0 Å². The lowest BCUT2D eigenvalue weighted by Gasteiger charge is -2.11. The normalized spacial score (nSPS) is 10.7. The van der Waals surface area contributed by atoms with Crippen molar-refractivity contribution in [1.29, 1.82) is 0 Å². The molecule has 0 aliphatic carbocycles. The van der Waals surface area contributed by atoms with Crippen LogP contribution in [0.4, 0.5) is 8.78 Å². The number of hydrogen-bond donors (Lipinski definition) is 1. The number of thioether (sulfide) groups is 1. The smallest absolute Gasteiger partial charge is 0.303 e. The number of pyridine rings is 1. The average molecular weight is 367 g/mol. The minimum Gasteiger partial charge on any atom is -0.481 e. The summed E-state index contributed by atoms with van der Waals surface area (Å²) in [6, 6.07) is 5.88. The van der Waals surface area contributed by atoms with Gasteiger partial charge in [-0.2, -0.15) is 0 Å². The van der Waals surface area contributed by atoms with Crippen LogP contribution < -0.4 is 4.74 Å². The maximum absolute atomic E-state index is 14.3. The second-order valence-corrected chi connectivity index (χ2v) is 6.42. The van der Waals surface area contributed by atoms with Gasteiger partial charge in [0, 0.05) is 18.2 Å². The van der Waals surface area contributed by atoms with Crippen molar-refractivity contribution in [3.63, 3.8) is 0 Å². The van der Waals surface area contributed by atoms with Gasteiger partial charge in [-0.3, -0.25) is 4.79 Å². The molecule has 2 rings (SSSR count). The van der Waals surface area contributed by atoms with Gasteiger partial charge in [0.15, 0.2) is 0 Å². The molecule has 0 unspecified atom stereocenters. The van der Waals surface area contributed by atoms with E-state index in [2.05, 4.69) is 4.98 Å². The zero-order chi connectivity index (χ0) is 18.2. The summed E-state index contributed by atoms with van der Waals surface area (Å²) in [5.41, 5.74) is 0.875. The number of aliphatic carboxylic acids is 1. The number of ether oxygens (including phenoxy) is 1. The number of rotatable bonds is 9. The Morgan fingerprint density at radius 1 is 1.32 bits per heavy atom. The number of carboxylic acids is 1. The summed E-state index contributed by atoms with van der Waals surface area (Å²) in [5, 5.41) is 8.59. The third kappa shape index (κ3) is 5.42. The summed E-state index contributed by atoms with van der Waals surface area (Å²) >= 11 is 0.977. The first-order valence-electron chi connectivity index (χ1n) is 7.94. The summed E-state index contributed by atoms with van der Waals surface area (Å²) in [4.78, 5) is 14.5. The third-order valence-corrected chi connectivity index (χ3v) is 4.48. The van der Waals surface area contributed by atoms with Crippen molar-refractivity contribution in [1.82, 2.24) is 4.98 Å². The van der Waals surface area contributed by atoms with Crippen LogP contribution >= 0.6 is 11.8 Å². The summed E-state index contributed by atoms with van der Waals surface area (Å²) in [6.07, 6.45) is 2.68. The van der Waals surface area contributed by atoms with E-state index >= 15 is 0 Å². The Morgan fingerprint density at radius 3 is 2.68 bits per heavy atom. The predicted octanol–water partition coefficient (Wildman–Crippen LogP) is 4.77. The first-order valence-corrected chi connectivity index (χ1v) is 8.93. The van der Waals surface area contributed by atoms with Crippen LogP contribution in [0.2, 0.25) is 0 Å². The zero-order valence-corrected chi connectivity index (χ0v) is 14.6. The van der Waals surface area contributed by atoms with Gasteiger partial charge < -0.3 is 9.84 Å². The van der Waals surface area contributed by atoms with Crippen LogP contribution in [0.5, 0.6) is 5.88 Å². The maximum atomic E-state index is 14.3. The van der Waals surface area contributed by atoms with Gasteiger partial charge in [-0.1, -0.05) is 6.92 Å². The minimum absolute atomic E-state index is 0.0257. The van der Waals surface area contributed by atoms with E-state index in [0.29, 0.717) is 35.8 Å². The Morgan fingerprint density at radius 2 is 2.04 bits per heavy atom. The van der Waals surface area contributed by atoms with E-state index in [4.69, 9.17) is 9.84 Å². The Hall–Kier alpha value is -2.15. The van der Waals surface area contributed by atoms with Crippen molar-refractivity contribution < 1.29 is 23.4 Å². The van der Waals surface area contributed by atoms with Gasteiger partial charge in [-0.15, -0.1) is 11.8 Å². The molecule has 1 heterocycles. The van der Waals surface area contributed by atoms with Crippen LogP contribution in [0.1, 0.15) is 26.2 Å². The third-order valence-electron chi connectivity index (χ3n) is 3.30. The Balaban J connectivity index is 2.20. The summed E-state index contributed by atoms with van der Waals surface area (Å²) in [5.74, 6) is -1.61. The molecule has 0 fully saturated rings. The molecule has 0 amide bonds. The highest BCUT2D eigenvalue weighted by Gasteiger charge is 2.15. The minimum atomic E-state index is -0.923. The molecule has 2 aromatic rings. The lowest BCUT2D eigenvalue weighted by molar-refractivity contribution is -0.137. The Labute approximate surface area is 149 Å². The molecule has 25 heavy (non-hydrogen) atoms. The quantitative estimate of drug-likeness (QED) is 0.511. The molecule has 0 saturated heterocycles. The van der Waals surface area contributed by atoms with Crippen LogP contribution in [-0.2, 0) is 4.79 Å². The van der Waals surface area contributed by atoms with E-state index in [-0.39, 0.29) is 11.3 Å². The molecule has 0 atom stereocenters. The van der Waals surface area contributed by atoms with Gasteiger partial charge in [-0.05, 0) is 48.4 Å². The van der Waals surface area contributed by atoms with E-state index < -0.39 is 17.6 Å². The molecule has 7 heteroatoms. The van der Waals surface area contributed by atoms with E-state index in [1.807, 2.05) is 6.92 Å². The van der Waals surface area contributed by atoms with Crippen molar-refractivity contribution in [3.05, 3.63) is 42.1 Å². The lowest BCUT2D eigenvalue weighted by Crippen LogP contribution is -2.00. The first-order chi connectivity index (χ1) is 12.0. The Kier molecular flexibility index (Phi) is 7.18. The fourth-order valence-electron chi connectivity index (χ4n) is 2.18. The molecule has 0 bridgehead atoms. The van der Waals surface area contributed by atoms with Crippen LogP contribution in [0, 0.1) is 11.6 Å². The first kappa shape index (κ1) is 19.2. The molecule has 0 radical (unpaired) electrons. The Bertz CT molecular complexity index is 717. The second kappa shape index (κ2) is 9.36. The number of carboxylic acid groups (broad SMARTS) is 1. The molecule has 134 valence electrons. The number of carbonyl (C=O) groups is 1. The maximum Gasteiger partial charge on any atom is 0.303 e. The second-order valence-electron chi connectivity index (χ2n) is 5.32. The van der Waals surface area contributed by atoms with Crippen molar-refractivity contribution in [3.8, 4) is 17.0 Å². The highest BCUT2D eigenvalue weighted by molar-refractivity contribution is 7.99. The van der Waals surface area contributed by atoms with Crippen LogP contribution in [0.15, 0.2) is 35.4 Å². The molecule has 1 aromatic carbocycles. The number of benzene rings is 1. The summed E-state index contributed by atoms with van der Waals surface area (Å²) < 4.78 is 34.2. The topological polar surface area (TPSA) is 59.4 Å². The van der Waals surface area contributed by atoms with Gasteiger partial charge >= 0.3 is 5.97 Å². The zero-order valence-electron chi connectivity index (χ0n) is 13.8. The standard InChI is InChI=1S/C18H19F2NO3S/c1-2-8-24-18-13(5-3-7-21-18)12-10-14(19)17(15(20)11-12)25-9-4-6-16(22)23/h3,5,7,10-11H,2,4,6,8-9H2,1H3,(H,22,23). The molecule has 0 saturated carbocycles. The van der Waals surface area contributed by atoms with Gasteiger partial charge in [0.2, 0.25) is 5.88 Å². The van der Waals surface area contributed by atoms with Gasteiger partial charge in [0.25, 0.3) is 0 Å². The monoisotopic (exact) mass is 367 g/mol. The molecule has 1 N–H and O–H groups in total. The molecule has 1 aromatic heterocycles. The van der Waals surface area contributed by atoms with Crippen LogP contribution in [-0.4, -0.2) is 28.4 Å². The van der Waals surface area contributed by atoms with E-state index in [9.17, 15) is 13.6 Å². The van der Waals surface area contributed by atoms with E-state index in [1.165, 1.54) is 12.1 Å². The van der Waals surface area contributed by atoms with E-state index in [0.717, 1.165) is 18.2 Å². The lowest BCUT2D eigenvalue weighted by atomic mass is 10.1. The molecule has 0 aliphatic rings. The number of aromatic nitrogens is 1. The predicted molar refractivity (Wildman–Crippen MR) is 93.0 cm³/mol. The molecule has 0 aliphatic heterocycles. The number of hydrogen-bond acceptors (Lipinski definition) is 4. The SMILES string of the molecule is CCCOc1ncccc1-c1cc(F)c(SCCCC(=O)O)c(F)c1. The van der Waals surface area contributed by atoms with Crippen molar-refractivity contribution >= 4 is 17.7 Å². The highest BCUT2D eigenvalue weighted by atomic mass is 32.2. The van der Waals surface area contributed by atoms with E-state index in [1.54, 1.807) is 18.3 Å². The fourth-order valence-corrected chi connectivity index (χ4v) is 3.06. The molecular weight excluding hydrogens is 348 g/mol. The molecular formula is C18H19F2NO3S. The highest BCUT2D eigenvalue weighted by Crippen LogP contribution is 2.34.